The van der Waals surface area contributed by atoms with Crippen molar-refractivity contribution < 1.29 is 0 Å². The average molecular weight is 324 g/mol. The van der Waals surface area contributed by atoms with Crippen LogP contribution in [-0.2, 0) is 5.41 Å². The molecule has 0 aliphatic carbocycles. The van der Waals surface area contributed by atoms with Gasteiger partial charge in [-0.25, -0.2) is 9.97 Å². The van der Waals surface area contributed by atoms with E-state index in [1.165, 1.54) is 18.4 Å². The number of anilines is 3. The fraction of sp³-hybridized carbons (Fsp3) is 0.500. The Kier molecular flexibility index (Phi) is 4.74. The smallest absolute Gasteiger partial charge is 0.135 e. The summed E-state index contributed by atoms with van der Waals surface area (Å²) in [6, 6.07) is 10.5. The number of benzene rings is 1. The van der Waals surface area contributed by atoms with E-state index >= 15 is 0 Å². The summed E-state index contributed by atoms with van der Waals surface area (Å²) in [6.45, 7) is 11.2. The molecule has 1 fully saturated rings. The fourth-order valence-electron chi connectivity index (χ4n) is 3.37. The number of piperidine rings is 1. The number of nitrogens with zero attached hydrogens (tertiary/aromatic N) is 3. The van der Waals surface area contributed by atoms with Crippen LogP contribution in [0.1, 0.15) is 46.1 Å². The minimum atomic E-state index is 0.0851. The molecule has 4 heteroatoms. The molecule has 4 nitrogen and oxygen atoms in total. The van der Waals surface area contributed by atoms with Crippen LogP contribution >= 0.6 is 0 Å². The SMILES string of the molecule is CC1CCCN(c2cc(Nc3ccccc3C(C)(C)C)ncn2)C1. The number of aromatic nitrogens is 2. The first-order chi connectivity index (χ1) is 11.4. The van der Waals surface area contributed by atoms with Crippen molar-refractivity contribution in [1.82, 2.24) is 9.97 Å². The zero-order chi connectivity index (χ0) is 17.2. The summed E-state index contributed by atoms with van der Waals surface area (Å²) < 4.78 is 0. The van der Waals surface area contributed by atoms with Gasteiger partial charge in [-0.3, -0.25) is 0 Å². The van der Waals surface area contributed by atoms with Crippen LogP contribution in [0.5, 0.6) is 0 Å². The molecule has 24 heavy (non-hydrogen) atoms. The summed E-state index contributed by atoms with van der Waals surface area (Å²) >= 11 is 0. The molecule has 2 heterocycles. The first-order valence-corrected chi connectivity index (χ1v) is 8.87. The molecule has 0 radical (unpaired) electrons. The molecule has 1 aromatic carbocycles. The summed E-state index contributed by atoms with van der Waals surface area (Å²) in [4.78, 5) is 11.3. The molecular weight excluding hydrogens is 296 g/mol. The highest BCUT2D eigenvalue weighted by Crippen LogP contribution is 2.31. The van der Waals surface area contributed by atoms with E-state index in [9.17, 15) is 0 Å². The zero-order valence-corrected chi connectivity index (χ0v) is 15.2. The van der Waals surface area contributed by atoms with Crippen LogP contribution in [0, 0.1) is 5.92 Å². The quantitative estimate of drug-likeness (QED) is 0.884. The van der Waals surface area contributed by atoms with Gasteiger partial charge in [0.05, 0.1) is 0 Å². The van der Waals surface area contributed by atoms with Crippen LogP contribution < -0.4 is 10.2 Å². The highest BCUT2D eigenvalue weighted by atomic mass is 15.2. The third kappa shape index (κ3) is 3.86. The number of hydrogen-bond donors (Lipinski definition) is 1. The highest BCUT2D eigenvalue weighted by Gasteiger charge is 2.19. The van der Waals surface area contributed by atoms with Gasteiger partial charge in [0.25, 0.3) is 0 Å². The summed E-state index contributed by atoms with van der Waals surface area (Å²) in [5.41, 5.74) is 2.49. The van der Waals surface area contributed by atoms with Gasteiger partial charge >= 0.3 is 0 Å². The molecule has 1 saturated heterocycles. The van der Waals surface area contributed by atoms with E-state index in [-0.39, 0.29) is 5.41 Å². The Morgan fingerprint density at radius 2 is 1.96 bits per heavy atom. The van der Waals surface area contributed by atoms with Gasteiger partial charge in [-0.1, -0.05) is 45.9 Å². The van der Waals surface area contributed by atoms with Gasteiger partial charge in [0, 0.05) is 24.8 Å². The Morgan fingerprint density at radius 3 is 2.71 bits per heavy atom. The summed E-state index contributed by atoms with van der Waals surface area (Å²) in [7, 11) is 0. The molecule has 128 valence electrons. The highest BCUT2D eigenvalue weighted by molar-refractivity contribution is 5.64. The molecule has 2 aromatic rings. The predicted molar refractivity (Wildman–Crippen MR) is 101 cm³/mol. The molecule has 0 spiro atoms. The minimum absolute atomic E-state index is 0.0851. The van der Waals surface area contributed by atoms with Crippen LogP contribution in [0.15, 0.2) is 36.7 Å². The van der Waals surface area contributed by atoms with Crippen LogP contribution in [0.25, 0.3) is 0 Å². The minimum Gasteiger partial charge on any atom is -0.356 e. The van der Waals surface area contributed by atoms with Crippen molar-refractivity contribution in [2.24, 2.45) is 5.92 Å². The van der Waals surface area contributed by atoms with Crippen molar-refractivity contribution in [1.29, 1.82) is 0 Å². The molecule has 0 amide bonds. The number of rotatable bonds is 3. The molecule has 1 aromatic heterocycles. The molecule has 1 N–H and O–H groups in total. The van der Waals surface area contributed by atoms with E-state index in [2.05, 4.69) is 78.2 Å². The van der Waals surface area contributed by atoms with Crippen molar-refractivity contribution in [3.05, 3.63) is 42.2 Å². The van der Waals surface area contributed by atoms with E-state index in [0.29, 0.717) is 0 Å². The lowest BCUT2D eigenvalue weighted by Gasteiger charge is -2.32. The molecule has 0 bridgehead atoms. The zero-order valence-electron chi connectivity index (χ0n) is 15.2. The Bertz CT molecular complexity index is 690. The lowest BCUT2D eigenvalue weighted by atomic mass is 9.86. The number of nitrogens with one attached hydrogen (secondary N) is 1. The Labute approximate surface area is 145 Å². The molecule has 1 atom stereocenters. The van der Waals surface area contributed by atoms with E-state index in [1.807, 2.05) is 0 Å². The van der Waals surface area contributed by atoms with E-state index in [1.54, 1.807) is 6.33 Å². The standard InChI is InChI=1S/C20H28N4/c1-15-8-7-11-24(13-15)19-12-18(21-14-22-19)23-17-10-6-5-9-16(17)20(2,3)4/h5-6,9-10,12,14-15H,7-8,11,13H2,1-4H3,(H,21,22,23). The van der Waals surface area contributed by atoms with E-state index < -0.39 is 0 Å². The first-order valence-electron chi connectivity index (χ1n) is 8.87. The van der Waals surface area contributed by atoms with Crippen molar-refractivity contribution >= 4 is 17.3 Å². The monoisotopic (exact) mass is 324 g/mol. The predicted octanol–water partition coefficient (Wildman–Crippen LogP) is 4.75. The molecule has 1 aliphatic rings. The maximum absolute atomic E-state index is 4.49. The molecule has 1 aliphatic heterocycles. The molecule has 1 unspecified atom stereocenters. The fourth-order valence-corrected chi connectivity index (χ4v) is 3.37. The summed E-state index contributed by atoms with van der Waals surface area (Å²) in [6.07, 6.45) is 4.21. The number of hydrogen-bond acceptors (Lipinski definition) is 4. The molecule has 3 rings (SSSR count). The van der Waals surface area contributed by atoms with Crippen LogP contribution in [0.3, 0.4) is 0 Å². The second kappa shape index (κ2) is 6.80. The van der Waals surface area contributed by atoms with Crippen LogP contribution in [0.4, 0.5) is 17.3 Å². The maximum atomic E-state index is 4.49. The van der Waals surface area contributed by atoms with Gasteiger partial charge < -0.3 is 10.2 Å². The number of para-hydroxylation sites is 1. The maximum Gasteiger partial charge on any atom is 0.135 e. The van der Waals surface area contributed by atoms with Gasteiger partial charge in [0.15, 0.2) is 0 Å². The third-order valence-corrected chi connectivity index (χ3v) is 4.63. The second-order valence-corrected chi connectivity index (χ2v) is 7.88. The molecule has 0 saturated carbocycles. The van der Waals surface area contributed by atoms with Crippen molar-refractivity contribution in [3.63, 3.8) is 0 Å². The second-order valence-electron chi connectivity index (χ2n) is 7.88. The topological polar surface area (TPSA) is 41.0 Å². The van der Waals surface area contributed by atoms with Crippen LogP contribution in [0.2, 0.25) is 0 Å². The van der Waals surface area contributed by atoms with Gasteiger partial charge in [0.1, 0.15) is 18.0 Å². The van der Waals surface area contributed by atoms with Gasteiger partial charge in [0.2, 0.25) is 0 Å². The third-order valence-electron chi connectivity index (χ3n) is 4.63. The average Bonchev–Trinajstić information content (AvgIpc) is 2.55. The lowest BCUT2D eigenvalue weighted by Crippen LogP contribution is -2.34. The summed E-state index contributed by atoms with van der Waals surface area (Å²) in [5, 5.41) is 3.49. The Morgan fingerprint density at radius 1 is 1.17 bits per heavy atom. The van der Waals surface area contributed by atoms with Crippen molar-refractivity contribution in [2.75, 3.05) is 23.3 Å². The van der Waals surface area contributed by atoms with Crippen molar-refractivity contribution in [3.8, 4) is 0 Å². The van der Waals surface area contributed by atoms with E-state index in [4.69, 9.17) is 0 Å². The lowest BCUT2D eigenvalue weighted by molar-refractivity contribution is 0.444. The van der Waals surface area contributed by atoms with Gasteiger partial charge in [-0.2, -0.15) is 0 Å². The normalized spacial score (nSPS) is 18.5. The molecular formula is C20H28N4. The largest absolute Gasteiger partial charge is 0.356 e. The van der Waals surface area contributed by atoms with Crippen LogP contribution in [-0.4, -0.2) is 23.1 Å². The van der Waals surface area contributed by atoms with Gasteiger partial charge in [-0.15, -0.1) is 0 Å². The van der Waals surface area contributed by atoms with Crippen molar-refractivity contribution in [2.45, 2.75) is 46.0 Å². The first kappa shape index (κ1) is 16.7. The van der Waals surface area contributed by atoms with Gasteiger partial charge in [-0.05, 0) is 35.8 Å². The summed E-state index contributed by atoms with van der Waals surface area (Å²) in [5.74, 6) is 2.61. The Balaban J connectivity index is 1.83. The Hall–Kier alpha value is -2.10. The van der Waals surface area contributed by atoms with E-state index in [0.717, 1.165) is 36.3 Å².